The van der Waals surface area contributed by atoms with Crippen LogP contribution in [-0.2, 0) is 16.1 Å². The van der Waals surface area contributed by atoms with Crippen LogP contribution in [0.1, 0.15) is 37.3 Å². The zero-order chi connectivity index (χ0) is 20.9. The van der Waals surface area contributed by atoms with Gasteiger partial charge in [0.15, 0.2) is 0 Å². The van der Waals surface area contributed by atoms with E-state index in [2.05, 4.69) is 15.6 Å². The van der Waals surface area contributed by atoms with E-state index in [0.717, 1.165) is 42.3 Å². The van der Waals surface area contributed by atoms with Gasteiger partial charge in [0.05, 0.1) is 29.9 Å². The van der Waals surface area contributed by atoms with E-state index >= 15 is 0 Å². The van der Waals surface area contributed by atoms with Crippen molar-refractivity contribution in [3.8, 4) is 0 Å². The molecule has 2 amide bonds. The maximum absolute atomic E-state index is 13.4. The van der Waals surface area contributed by atoms with Crippen LogP contribution in [0.15, 0.2) is 54.9 Å². The molecule has 1 fully saturated rings. The van der Waals surface area contributed by atoms with E-state index in [1.165, 1.54) is 12.1 Å². The topological polar surface area (TPSA) is 76.0 Å². The van der Waals surface area contributed by atoms with Crippen LogP contribution in [0.3, 0.4) is 0 Å². The van der Waals surface area contributed by atoms with Crippen molar-refractivity contribution in [2.24, 2.45) is 5.92 Å². The fourth-order valence-electron chi connectivity index (χ4n) is 4.03. The molecular weight excluding hydrogens is 383 g/mol. The van der Waals surface area contributed by atoms with Crippen molar-refractivity contribution in [2.75, 3.05) is 6.54 Å². The molecule has 1 saturated carbocycles. The molecule has 1 aromatic heterocycles. The van der Waals surface area contributed by atoms with Crippen molar-refractivity contribution in [1.29, 1.82) is 0 Å². The number of aromatic nitrogens is 2. The molecule has 0 bridgehead atoms. The zero-order valence-corrected chi connectivity index (χ0v) is 16.7. The molecule has 1 atom stereocenters. The SMILES string of the molecule is O=C(CNC(=O)C1CCCC1)NC(Cn1cnc2ccccc21)c1ccc(F)cc1. The lowest BCUT2D eigenvalue weighted by Gasteiger charge is -2.21. The van der Waals surface area contributed by atoms with Gasteiger partial charge in [-0.15, -0.1) is 0 Å². The highest BCUT2D eigenvalue weighted by Crippen LogP contribution is 2.24. The summed E-state index contributed by atoms with van der Waals surface area (Å²) in [6, 6.07) is 13.4. The number of fused-ring (bicyclic) bond motifs is 1. The summed E-state index contributed by atoms with van der Waals surface area (Å²) in [6.07, 6.45) is 5.64. The summed E-state index contributed by atoms with van der Waals surface area (Å²) in [6.45, 7) is 0.367. The third kappa shape index (κ3) is 4.67. The number of carbonyl (C=O) groups excluding carboxylic acids is 2. The Morgan fingerprint density at radius 3 is 2.60 bits per heavy atom. The lowest BCUT2D eigenvalue weighted by atomic mass is 10.1. The Kier molecular flexibility index (Phi) is 6.07. The van der Waals surface area contributed by atoms with E-state index < -0.39 is 0 Å². The molecule has 2 aromatic carbocycles. The van der Waals surface area contributed by atoms with Gasteiger partial charge in [0.1, 0.15) is 5.82 Å². The first-order valence-electron chi connectivity index (χ1n) is 10.3. The van der Waals surface area contributed by atoms with Crippen molar-refractivity contribution in [3.05, 3.63) is 66.2 Å². The van der Waals surface area contributed by atoms with E-state index in [4.69, 9.17) is 0 Å². The third-order valence-electron chi connectivity index (χ3n) is 5.66. The van der Waals surface area contributed by atoms with Crippen molar-refractivity contribution >= 4 is 22.8 Å². The highest BCUT2D eigenvalue weighted by molar-refractivity contribution is 5.86. The zero-order valence-electron chi connectivity index (χ0n) is 16.7. The van der Waals surface area contributed by atoms with Crippen LogP contribution < -0.4 is 10.6 Å². The second kappa shape index (κ2) is 9.07. The number of amides is 2. The summed E-state index contributed by atoms with van der Waals surface area (Å²) < 4.78 is 15.4. The molecule has 156 valence electrons. The number of halogens is 1. The number of carbonyl (C=O) groups is 2. The highest BCUT2D eigenvalue weighted by atomic mass is 19.1. The second-order valence-corrected chi connectivity index (χ2v) is 7.76. The van der Waals surface area contributed by atoms with E-state index in [0.29, 0.717) is 6.54 Å². The fraction of sp³-hybridized carbons (Fsp3) is 0.348. The van der Waals surface area contributed by atoms with Gasteiger partial charge < -0.3 is 15.2 Å². The van der Waals surface area contributed by atoms with Crippen molar-refractivity contribution in [3.63, 3.8) is 0 Å². The number of rotatable bonds is 7. The van der Waals surface area contributed by atoms with Gasteiger partial charge in [-0.3, -0.25) is 9.59 Å². The number of nitrogens with one attached hydrogen (secondary N) is 2. The summed E-state index contributed by atoms with van der Waals surface area (Å²) >= 11 is 0. The maximum atomic E-state index is 13.4. The Morgan fingerprint density at radius 1 is 1.10 bits per heavy atom. The minimum Gasteiger partial charge on any atom is -0.347 e. The van der Waals surface area contributed by atoms with Gasteiger partial charge in [0.25, 0.3) is 0 Å². The van der Waals surface area contributed by atoms with Crippen LogP contribution in [0, 0.1) is 11.7 Å². The van der Waals surface area contributed by atoms with E-state index in [1.54, 1.807) is 18.5 Å². The Hall–Kier alpha value is -3.22. The first kappa shape index (κ1) is 20.1. The summed E-state index contributed by atoms with van der Waals surface area (Å²) in [5.74, 6) is -0.648. The molecule has 0 aliphatic heterocycles. The number of benzene rings is 2. The third-order valence-corrected chi connectivity index (χ3v) is 5.66. The average Bonchev–Trinajstić information content (AvgIpc) is 3.43. The molecular formula is C23H25FN4O2. The van der Waals surface area contributed by atoms with Gasteiger partial charge >= 0.3 is 0 Å². The average molecular weight is 408 g/mol. The van der Waals surface area contributed by atoms with Gasteiger partial charge in [0.2, 0.25) is 11.8 Å². The van der Waals surface area contributed by atoms with Crippen LogP contribution in [0.2, 0.25) is 0 Å². The number of imidazole rings is 1. The molecule has 1 heterocycles. The monoisotopic (exact) mass is 408 g/mol. The predicted molar refractivity (Wildman–Crippen MR) is 112 cm³/mol. The Balaban J connectivity index is 1.46. The highest BCUT2D eigenvalue weighted by Gasteiger charge is 2.23. The van der Waals surface area contributed by atoms with Crippen LogP contribution in [0.4, 0.5) is 4.39 Å². The van der Waals surface area contributed by atoms with Gasteiger partial charge in [-0.25, -0.2) is 9.37 Å². The molecule has 7 heteroatoms. The molecule has 2 N–H and O–H groups in total. The number of nitrogens with zero attached hydrogens (tertiary/aromatic N) is 2. The van der Waals surface area contributed by atoms with Crippen molar-refractivity contribution in [1.82, 2.24) is 20.2 Å². The van der Waals surface area contributed by atoms with Crippen LogP contribution in [0.25, 0.3) is 11.0 Å². The van der Waals surface area contributed by atoms with E-state index in [9.17, 15) is 14.0 Å². The summed E-state index contributed by atoms with van der Waals surface area (Å²) in [7, 11) is 0. The van der Waals surface area contributed by atoms with Gasteiger partial charge in [0, 0.05) is 12.5 Å². The van der Waals surface area contributed by atoms with Gasteiger partial charge in [-0.2, -0.15) is 0 Å². The van der Waals surface area contributed by atoms with Crippen molar-refractivity contribution < 1.29 is 14.0 Å². The standard InChI is InChI=1S/C23H25FN4O2/c24-18-11-9-16(10-12-18)20(14-28-15-26-19-7-3-4-8-21(19)28)27-22(29)13-25-23(30)17-5-1-2-6-17/h3-4,7-12,15,17,20H,1-2,5-6,13-14H2,(H,25,30)(H,27,29). The molecule has 4 rings (SSSR count). The van der Waals surface area contributed by atoms with Crippen LogP contribution in [0.5, 0.6) is 0 Å². The maximum Gasteiger partial charge on any atom is 0.239 e. The molecule has 1 aliphatic carbocycles. The van der Waals surface area contributed by atoms with Crippen molar-refractivity contribution in [2.45, 2.75) is 38.3 Å². The largest absolute Gasteiger partial charge is 0.347 e. The van der Waals surface area contributed by atoms with Crippen LogP contribution in [-0.4, -0.2) is 27.9 Å². The van der Waals surface area contributed by atoms with Crippen LogP contribution >= 0.6 is 0 Å². The molecule has 3 aromatic rings. The minimum absolute atomic E-state index is 0.0167. The minimum atomic E-state index is -0.390. The lowest BCUT2D eigenvalue weighted by molar-refractivity contribution is -0.128. The Labute approximate surface area is 174 Å². The molecule has 1 unspecified atom stereocenters. The van der Waals surface area contributed by atoms with Gasteiger partial charge in [-0.1, -0.05) is 37.1 Å². The second-order valence-electron chi connectivity index (χ2n) is 7.76. The number of hydrogen-bond acceptors (Lipinski definition) is 3. The molecule has 0 saturated heterocycles. The lowest BCUT2D eigenvalue weighted by Crippen LogP contribution is -2.41. The van der Waals surface area contributed by atoms with Gasteiger partial charge in [-0.05, 0) is 42.7 Å². The predicted octanol–water partition coefficient (Wildman–Crippen LogP) is 3.34. The summed E-state index contributed by atoms with van der Waals surface area (Å²) in [5.41, 5.74) is 2.60. The normalized spacial score (nSPS) is 15.2. The first-order chi connectivity index (χ1) is 14.6. The smallest absolute Gasteiger partial charge is 0.239 e. The molecule has 30 heavy (non-hydrogen) atoms. The quantitative estimate of drug-likeness (QED) is 0.630. The Bertz CT molecular complexity index is 1030. The summed E-state index contributed by atoms with van der Waals surface area (Å²) in [5, 5.41) is 5.73. The summed E-state index contributed by atoms with van der Waals surface area (Å²) in [4.78, 5) is 29.2. The molecule has 1 aliphatic rings. The fourth-order valence-corrected chi connectivity index (χ4v) is 4.03. The Morgan fingerprint density at radius 2 is 1.83 bits per heavy atom. The van der Waals surface area contributed by atoms with E-state index in [1.807, 2.05) is 28.8 Å². The molecule has 6 nitrogen and oxygen atoms in total. The first-order valence-corrected chi connectivity index (χ1v) is 10.3. The van der Waals surface area contributed by atoms with E-state index in [-0.39, 0.29) is 36.1 Å². The molecule has 0 radical (unpaired) electrons. The molecule has 0 spiro atoms. The number of para-hydroxylation sites is 2. The number of hydrogen-bond donors (Lipinski definition) is 2.